The Balaban J connectivity index is 1.39. The zero-order chi connectivity index (χ0) is 18.6. The van der Waals surface area contributed by atoms with Crippen molar-refractivity contribution in [2.75, 3.05) is 6.54 Å². The van der Waals surface area contributed by atoms with Crippen LogP contribution in [-0.4, -0.2) is 22.0 Å². The van der Waals surface area contributed by atoms with Gasteiger partial charge < -0.3 is 14.9 Å². The maximum absolute atomic E-state index is 12.3. The topological polar surface area (TPSA) is 66.9 Å². The van der Waals surface area contributed by atoms with Crippen LogP contribution in [0.15, 0.2) is 83.9 Å². The van der Waals surface area contributed by atoms with Crippen LogP contribution in [0.2, 0.25) is 0 Å². The molecule has 0 atom stereocenters. The minimum absolute atomic E-state index is 0.112. The molecule has 134 valence electrons. The molecule has 5 nitrogen and oxygen atoms in total. The van der Waals surface area contributed by atoms with Crippen LogP contribution in [0.25, 0.3) is 16.6 Å². The van der Waals surface area contributed by atoms with Gasteiger partial charge in [-0.3, -0.25) is 9.59 Å². The lowest BCUT2D eigenvalue weighted by molar-refractivity contribution is 0.0954. The second-order valence-electron chi connectivity index (χ2n) is 6.35. The van der Waals surface area contributed by atoms with Crippen LogP contribution in [0, 0.1) is 0 Å². The number of nitrogens with one attached hydrogen (secondary N) is 2. The standard InChI is InChI=1S/C22H19N3O2/c26-21(16-7-9-19(10-8-16)25-13-3-4-14-25)23-12-11-18-15-17-5-1-2-6-20(17)24-22(18)27/h1-10,13-15H,11-12H2,(H,23,26)(H,24,27). The summed E-state index contributed by atoms with van der Waals surface area (Å²) in [5.41, 5.74) is 2.96. The van der Waals surface area contributed by atoms with Gasteiger partial charge in [-0.25, -0.2) is 0 Å². The molecule has 2 N–H and O–H groups in total. The SMILES string of the molecule is O=C(NCCc1cc2ccccc2[nH]c1=O)c1ccc(-n2cccc2)cc1. The van der Waals surface area contributed by atoms with Crippen LogP contribution < -0.4 is 10.9 Å². The van der Waals surface area contributed by atoms with Gasteiger partial charge in [0.1, 0.15) is 0 Å². The fourth-order valence-corrected chi connectivity index (χ4v) is 3.08. The molecular weight excluding hydrogens is 338 g/mol. The van der Waals surface area contributed by atoms with Gasteiger partial charge in [-0.2, -0.15) is 0 Å². The maximum atomic E-state index is 12.3. The lowest BCUT2D eigenvalue weighted by Crippen LogP contribution is -2.27. The lowest BCUT2D eigenvalue weighted by Gasteiger charge is -2.07. The summed E-state index contributed by atoms with van der Waals surface area (Å²) in [5, 5.41) is 3.86. The minimum atomic E-state index is -0.147. The van der Waals surface area contributed by atoms with Crippen LogP contribution in [0.4, 0.5) is 0 Å². The second-order valence-corrected chi connectivity index (χ2v) is 6.35. The van der Waals surface area contributed by atoms with Gasteiger partial charge in [-0.05, 0) is 60.3 Å². The van der Waals surface area contributed by atoms with Crippen molar-refractivity contribution in [3.8, 4) is 5.69 Å². The molecule has 4 aromatic rings. The summed E-state index contributed by atoms with van der Waals surface area (Å²) >= 11 is 0. The number of para-hydroxylation sites is 1. The number of pyridine rings is 1. The number of nitrogens with zero attached hydrogens (tertiary/aromatic N) is 1. The largest absolute Gasteiger partial charge is 0.352 e. The lowest BCUT2D eigenvalue weighted by atomic mass is 10.1. The third kappa shape index (κ3) is 3.67. The highest BCUT2D eigenvalue weighted by molar-refractivity contribution is 5.94. The van der Waals surface area contributed by atoms with Gasteiger partial charge in [-0.15, -0.1) is 0 Å². The predicted molar refractivity (Wildman–Crippen MR) is 106 cm³/mol. The highest BCUT2D eigenvalue weighted by Gasteiger charge is 2.07. The Kier molecular flexibility index (Phi) is 4.58. The third-order valence-electron chi connectivity index (χ3n) is 4.54. The summed E-state index contributed by atoms with van der Waals surface area (Å²) in [6.07, 6.45) is 4.39. The quantitative estimate of drug-likeness (QED) is 0.576. The van der Waals surface area contributed by atoms with E-state index in [9.17, 15) is 9.59 Å². The summed E-state index contributed by atoms with van der Waals surface area (Å²) in [5.74, 6) is -0.147. The van der Waals surface area contributed by atoms with Gasteiger partial charge in [0.15, 0.2) is 0 Å². The molecule has 0 bridgehead atoms. The average Bonchev–Trinajstić information content (AvgIpc) is 3.23. The number of aromatic amines is 1. The molecule has 0 spiro atoms. The van der Waals surface area contributed by atoms with Crippen molar-refractivity contribution >= 4 is 16.8 Å². The Labute approximate surface area is 156 Å². The van der Waals surface area contributed by atoms with E-state index in [4.69, 9.17) is 0 Å². The first-order valence-corrected chi connectivity index (χ1v) is 8.83. The Morgan fingerprint density at radius 2 is 1.70 bits per heavy atom. The first kappa shape index (κ1) is 16.8. The predicted octanol–water partition coefficient (Wildman–Crippen LogP) is 3.29. The van der Waals surface area contributed by atoms with E-state index in [1.54, 1.807) is 12.1 Å². The van der Waals surface area contributed by atoms with E-state index in [2.05, 4.69) is 10.3 Å². The van der Waals surface area contributed by atoms with Gasteiger partial charge in [0.25, 0.3) is 11.5 Å². The normalized spacial score (nSPS) is 10.8. The van der Waals surface area contributed by atoms with Crippen molar-refractivity contribution < 1.29 is 4.79 Å². The summed E-state index contributed by atoms with van der Waals surface area (Å²) in [6.45, 7) is 0.402. The molecule has 5 heteroatoms. The molecule has 0 aliphatic carbocycles. The fourth-order valence-electron chi connectivity index (χ4n) is 3.08. The van der Waals surface area contributed by atoms with Gasteiger partial charge >= 0.3 is 0 Å². The molecule has 4 rings (SSSR count). The van der Waals surface area contributed by atoms with Gasteiger partial charge in [-0.1, -0.05) is 18.2 Å². The number of aromatic nitrogens is 2. The van der Waals surface area contributed by atoms with E-state index in [0.717, 1.165) is 16.6 Å². The van der Waals surface area contributed by atoms with Crippen LogP contribution in [0.1, 0.15) is 15.9 Å². The zero-order valence-electron chi connectivity index (χ0n) is 14.7. The van der Waals surface area contributed by atoms with Crippen molar-refractivity contribution in [2.45, 2.75) is 6.42 Å². The van der Waals surface area contributed by atoms with E-state index in [1.165, 1.54) is 0 Å². The molecule has 2 aromatic heterocycles. The van der Waals surface area contributed by atoms with Gasteiger partial charge in [0.05, 0.1) is 0 Å². The molecule has 2 aromatic carbocycles. The Bertz CT molecular complexity index is 1130. The molecule has 2 heterocycles. The molecule has 0 aliphatic rings. The van der Waals surface area contributed by atoms with Crippen molar-refractivity contribution in [2.24, 2.45) is 0 Å². The van der Waals surface area contributed by atoms with E-state index in [1.807, 2.05) is 71.6 Å². The number of H-pyrrole nitrogens is 1. The average molecular weight is 357 g/mol. The summed E-state index contributed by atoms with van der Waals surface area (Å²) in [6, 6.07) is 20.9. The van der Waals surface area contributed by atoms with E-state index < -0.39 is 0 Å². The van der Waals surface area contributed by atoms with Crippen LogP contribution >= 0.6 is 0 Å². The van der Waals surface area contributed by atoms with Crippen molar-refractivity contribution in [3.05, 3.63) is 101 Å². The number of amides is 1. The Hall–Kier alpha value is -3.60. The number of fused-ring (bicyclic) bond motifs is 1. The number of rotatable bonds is 5. The van der Waals surface area contributed by atoms with Crippen molar-refractivity contribution in [1.82, 2.24) is 14.9 Å². The highest BCUT2D eigenvalue weighted by Crippen LogP contribution is 2.11. The minimum Gasteiger partial charge on any atom is -0.352 e. The van der Waals surface area contributed by atoms with Gasteiger partial charge in [0, 0.05) is 41.3 Å². The number of benzene rings is 2. The second kappa shape index (κ2) is 7.33. The maximum Gasteiger partial charge on any atom is 0.251 e. The fraction of sp³-hybridized carbons (Fsp3) is 0.0909. The molecule has 0 fully saturated rings. The summed E-state index contributed by atoms with van der Waals surface area (Å²) in [7, 11) is 0. The molecule has 27 heavy (non-hydrogen) atoms. The molecule has 0 saturated heterocycles. The molecule has 0 saturated carbocycles. The van der Waals surface area contributed by atoms with Crippen LogP contribution in [0.5, 0.6) is 0 Å². The molecule has 1 amide bonds. The van der Waals surface area contributed by atoms with E-state index >= 15 is 0 Å². The smallest absolute Gasteiger partial charge is 0.251 e. The molecule has 0 unspecified atom stereocenters. The number of carbonyl (C=O) groups excluding carboxylic acids is 1. The Morgan fingerprint density at radius 3 is 2.48 bits per heavy atom. The summed E-state index contributed by atoms with van der Waals surface area (Å²) < 4.78 is 1.98. The first-order chi connectivity index (χ1) is 13.2. The number of carbonyl (C=O) groups is 1. The first-order valence-electron chi connectivity index (χ1n) is 8.83. The Morgan fingerprint density at radius 1 is 0.963 bits per heavy atom. The van der Waals surface area contributed by atoms with Crippen molar-refractivity contribution in [3.63, 3.8) is 0 Å². The third-order valence-corrected chi connectivity index (χ3v) is 4.54. The van der Waals surface area contributed by atoms with Crippen LogP contribution in [0.3, 0.4) is 0 Å². The van der Waals surface area contributed by atoms with E-state index in [-0.39, 0.29) is 11.5 Å². The number of hydrogen-bond donors (Lipinski definition) is 2. The highest BCUT2D eigenvalue weighted by atomic mass is 16.1. The molecule has 0 aliphatic heterocycles. The molecule has 0 radical (unpaired) electrons. The number of hydrogen-bond acceptors (Lipinski definition) is 2. The van der Waals surface area contributed by atoms with Crippen LogP contribution in [-0.2, 0) is 6.42 Å². The van der Waals surface area contributed by atoms with E-state index in [0.29, 0.717) is 24.1 Å². The van der Waals surface area contributed by atoms with Gasteiger partial charge in [0.2, 0.25) is 0 Å². The molecular formula is C22H19N3O2. The monoisotopic (exact) mass is 357 g/mol. The van der Waals surface area contributed by atoms with Crippen molar-refractivity contribution in [1.29, 1.82) is 0 Å². The zero-order valence-corrected chi connectivity index (χ0v) is 14.7. The summed E-state index contributed by atoms with van der Waals surface area (Å²) in [4.78, 5) is 27.4.